The molecule has 0 aromatic heterocycles. The first-order valence-electron chi connectivity index (χ1n) is 9.62. The summed E-state index contributed by atoms with van der Waals surface area (Å²) in [6.45, 7) is 9.21. The Morgan fingerprint density at radius 2 is 1.30 bits per heavy atom. The van der Waals surface area contributed by atoms with Crippen LogP contribution < -0.4 is 9.47 Å². The van der Waals surface area contributed by atoms with Crippen LogP contribution >= 0.6 is 0 Å². The summed E-state index contributed by atoms with van der Waals surface area (Å²) in [6, 6.07) is 16.2. The molecule has 27 heavy (non-hydrogen) atoms. The van der Waals surface area contributed by atoms with Gasteiger partial charge in [-0.3, -0.25) is 0 Å². The summed E-state index contributed by atoms with van der Waals surface area (Å²) in [5.74, 6) is 1.71. The molecular formula is C23H32O4. The predicted molar refractivity (Wildman–Crippen MR) is 109 cm³/mol. The highest BCUT2D eigenvalue weighted by Crippen LogP contribution is 2.33. The quantitative estimate of drug-likeness (QED) is 0.657. The maximum atomic E-state index is 9.61. The molecule has 0 heterocycles. The molecule has 0 spiro atoms. The lowest BCUT2D eigenvalue weighted by molar-refractivity contribution is 0.104. The molecule has 0 radical (unpaired) electrons. The summed E-state index contributed by atoms with van der Waals surface area (Å²) in [4.78, 5) is 0. The van der Waals surface area contributed by atoms with Gasteiger partial charge in [0.25, 0.3) is 0 Å². The van der Waals surface area contributed by atoms with Crippen molar-refractivity contribution in [2.24, 2.45) is 5.92 Å². The van der Waals surface area contributed by atoms with E-state index in [1.807, 2.05) is 38.1 Å². The van der Waals surface area contributed by atoms with Crippen molar-refractivity contribution >= 4 is 0 Å². The van der Waals surface area contributed by atoms with E-state index in [0.717, 1.165) is 11.5 Å². The van der Waals surface area contributed by atoms with Gasteiger partial charge in [-0.2, -0.15) is 0 Å². The Morgan fingerprint density at radius 3 is 1.70 bits per heavy atom. The molecule has 2 atom stereocenters. The molecule has 2 unspecified atom stereocenters. The smallest absolute Gasteiger partial charge is 0.119 e. The van der Waals surface area contributed by atoms with Crippen LogP contribution in [0.1, 0.15) is 45.2 Å². The molecule has 2 N–H and O–H groups in total. The Balaban J connectivity index is 2.04. The number of benzene rings is 2. The van der Waals surface area contributed by atoms with E-state index in [9.17, 15) is 5.11 Å². The molecule has 2 aromatic rings. The van der Waals surface area contributed by atoms with E-state index in [4.69, 9.17) is 14.6 Å². The van der Waals surface area contributed by atoms with Gasteiger partial charge in [0.2, 0.25) is 0 Å². The van der Waals surface area contributed by atoms with Crippen LogP contribution in [0.4, 0.5) is 0 Å². The Morgan fingerprint density at radius 1 is 0.852 bits per heavy atom. The Bertz CT molecular complexity index is 617. The standard InChI is InChI=1S/C23H32O4/c1-5-20(25)16-27-22-12-8-19(9-13-22)23(3,4)18-6-10-21(11-7-18)26-15-17(2)14-24/h6-13,17,20,24-25H,5,14-16H2,1-4H3. The Hall–Kier alpha value is -2.04. The summed E-state index contributed by atoms with van der Waals surface area (Å²) in [7, 11) is 0. The third-order valence-electron chi connectivity index (χ3n) is 4.91. The average Bonchev–Trinajstić information content (AvgIpc) is 2.70. The fourth-order valence-electron chi connectivity index (χ4n) is 2.70. The highest BCUT2D eigenvalue weighted by atomic mass is 16.5. The number of rotatable bonds is 10. The van der Waals surface area contributed by atoms with Crippen molar-refractivity contribution < 1.29 is 19.7 Å². The summed E-state index contributed by atoms with van der Waals surface area (Å²) in [5.41, 5.74) is 2.23. The second kappa shape index (κ2) is 9.77. The van der Waals surface area contributed by atoms with Crippen LogP contribution in [-0.2, 0) is 5.41 Å². The van der Waals surface area contributed by atoms with E-state index in [0.29, 0.717) is 19.6 Å². The minimum absolute atomic E-state index is 0.125. The third kappa shape index (κ3) is 5.98. The molecule has 0 amide bonds. The summed E-state index contributed by atoms with van der Waals surface area (Å²) < 4.78 is 11.3. The van der Waals surface area contributed by atoms with Gasteiger partial charge in [-0.15, -0.1) is 0 Å². The van der Waals surface area contributed by atoms with Crippen molar-refractivity contribution in [3.63, 3.8) is 0 Å². The van der Waals surface area contributed by atoms with Crippen LogP contribution in [0.15, 0.2) is 48.5 Å². The van der Waals surface area contributed by atoms with Crippen molar-refractivity contribution in [2.45, 2.75) is 45.6 Å². The van der Waals surface area contributed by atoms with E-state index < -0.39 is 6.10 Å². The van der Waals surface area contributed by atoms with Crippen LogP contribution in [0, 0.1) is 5.92 Å². The van der Waals surface area contributed by atoms with Gasteiger partial charge in [-0.05, 0) is 41.8 Å². The molecule has 4 heteroatoms. The molecule has 0 aliphatic carbocycles. The number of aliphatic hydroxyl groups is 2. The van der Waals surface area contributed by atoms with Crippen molar-refractivity contribution in [3.8, 4) is 11.5 Å². The highest BCUT2D eigenvalue weighted by molar-refractivity contribution is 5.41. The molecule has 2 rings (SSSR count). The second-order valence-corrected chi connectivity index (χ2v) is 7.65. The number of hydrogen-bond donors (Lipinski definition) is 2. The van der Waals surface area contributed by atoms with Crippen LogP contribution in [0.5, 0.6) is 11.5 Å². The van der Waals surface area contributed by atoms with E-state index in [1.165, 1.54) is 11.1 Å². The zero-order valence-corrected chi connectivity index (χ0v) is 16.8. The predicted octanol–water partition coefficient (Wildman–Crippen LogP) is 4.17. The fraction of sp³-hybridized carbons (Fsp3) is 0.478. The summed E-state index contributed by atoms with van der Waals surface area (Å²) in [6.07, 6.45) is 0.256. The van der Waals surface area contributed by atoms with E-state index in [1.54, 1.807) is 0 Å². The van der Waals surface area contributed by atoms with Gasteiger partial charge in [-0.1, -0.05) is 52.0 Å². The van der Waals surface area contributed by atoms with Crippen LogP contribution in [-0.4, -0.2) is 36.1 Å². The molecule has 0 aliphatic heterocycles. The highest BCUT2D eigenvalue weighted by Gasteiger charge is 2.23. The third-order valence-corrected chi connectivity index (χ3v) is 4.91. The Kier molecular flexibility index (Phi) is 7.69. The minimum Gasteiger partial charge on any atom is -0.493 e. The molecule has 2 aromatic carbocycles. The lowest BCUT2D eigenvalue weighted by Crippen LogP contribution is -2.19. The van der Waals surface area contributed by atoms with Crippen LogP contribution in [0.3, 0.4) is 0 Å². The molecule has 148 valence electrons. The first kappa shape index (κ1) is 21.3. The normalized spacial score (nSPS) is 13.9. The fourth-order valence-corrected chi connectivity index (χ4v) is 2.70. The van der Waals surface area contributed by atoms with E-state index >= 15 is 0 Å². The molecule has 0 bridgehead atoms. The minimum atomic E-state index is -0.429. The molecule has 0 fully saturated rings. The zero-order chi connectivity index (χ0) is 19.9. The largest absolute Gasteiger partial charge is 0.493 e. The molecule has 4 nitrogen and oxygen atoms in total. The van der Waals surface area contributed by atoms with Crippen molar-refractivity contribution in [3.05, 3.63) is 59.7 Å². The van der Waals surface area contributed by atoms with Crippen LogP contribution in [0.2, 0.25) is 0 Å². The Labute approximate surface area is 162 Å². The summed E-state index contributed by atoms with van der Waals surface area (Å²) in [5, 5.41) is 18.7. The SMILES string of the molecule is CCC(O)COc1ccc(C(C)(C)c2ccc(OCC(C)CO)cc2)cc1. The monoisotopic (exact) mass is 372 g/mol. The molecule has 0 aliphatic rings. The van der Waals surface area contributed by atoms with Crippen LogP contribution in [0.25, 0.3) is 0 Å². The van der Waals surface area contributed by atoms with E-state index in [2.05, 4.69) is 38.1 Å². The average molecular weight is 373 g/mol. The van der Waals surface area contributed by atoms with Gasteiger partial charge in [0, 0.05) is 17.9 Å². The molecular weight excluding hydrogens is 340 g/mol. The molecule has 0 saturated heterocycles. The first-order valence-corrected chi connectivity index (χ1v) is 9.62. The lowest BCUT2D eigenvalue weighted by Gasteiger charge is -2.26. The van der Waals surface area contributed by atoms with Crippen molar-refractivity contribution in [1.82, 2.24) is 0 Å². The van der Waals surface area contributed by atoms with Gasteiger partial charge in [0.1, 0.15) is 18.1 Å². The summed E-state index contributed by atoms with van der Waals surface area (Å²) >= 11 is 0. The van der Waals surface area contributed by atoms with Crippen molar-refractivity contribution in [1.29, 1.82) is 0 Å². The van der Waals surface area contributed by atoms with Gasteiger partial charge >= 0.3 is 0 Å². The van der Waals surface area contributed by atoms with Gasteiger partial charge in [-0.25, -0.2) is 0 Å². The topological polar surface area (TPSA) is 58.9 Å². The first-order chi connectivity index (χ1) is 12.9. The number of aliphatic hydroxyl groups excluding tert-OH is 2. The van der Waals surface area contributed by atoms with E-state index in [-0.39, 0.29) is 17.9 Å². The maximum absolute atomic E-state index is 9.61. The van der Waals surface area contributed by atoms with Crippen molar-refractivity contribution in [2.75, 3.05) is 19.8 Å². The lowest BCUT2D eigenvalue weighted by atomic mass is 9.78. The second-order valence-electron chi connectivity index (χ2n) is 7.65. The van der Waals surface area contributed by atoms with Gasteiger partial charge < -0.3 is 19.7 Å². The van der Waals surface area contributed by atoms with Gasteiger partial charge in [0.05, 0.1) is 12.7 Å². The zero-order valence-electron chi connectivity index (χ0n) is 16.8. The molecule has 0 saturated carbocycles. The van der Waals surface area contributed by atoms with Gasteiger partial charge in [0.15, 0.2) is 0 Å². The number of hydrogen-bond acceptors (Lipinski definition) is 4. The number of ether oxygens (including phenoxy) is 2. The maximum Gasteiger partial charge on any atom is 0.119 e.